The number of anilines is 2. The highest BCUT2D eigenvalue weighted by molar-refractivity contribution is 9.10. The fourth-order valence-corrected chi connectivity index (χ4v) is 2.67. The molecule has 0 heterocycles. The SMILES string of the molecule is CN(C)c1cccc(C(=O)Nc2c(Cl)cc(F)cc2Br)c1. The summed E-state index contributed by atoms with van der Waals surface area (Å²) in [4.78, 5) is 14.2. The van der Waals surface area contributed by atoms with E-state index < -0.39 is 5.82 Å². The monoisotopic (exact) mass is 370 g/mol. The quantitative estimate of drug-likeness (QED) is 0.858. The molecule has 0 aliphatic heterocycles. The van der Waals surface area contributed by atoms with Gasteiger partial charge in [0.15, 0.2) is 0 Å². The number of rotatable bonds is 3. The van der Waals surface area contributed by atoms with Crippen molar-refractivity contribution in [2.24, 2.45) is 0 Å². The highest BCUT2D eigenvalue weighted by Gasteiger charge is 2.13. The molecule has 3 nitrogen and oxygen atoms in total. The second-order valence-corrected chi connectivity index (χ2v) is 5.90. The van der Waals surface area contributed by atoms with E-state index in [0.29, 0.717) is 15.7 Å². The number of hydrogen-bond acceptors (Lipinski definition) is 2. The largest absolute Gasteiger partial charge is 0.378 e. The third kappa shape index (κ3) is 3.74. The molecule has 0 spiro atoms. The molecule has 0 saturated heterocycles. The van der Waals surface area contributed by atoms with Crippen LogP contribution in [0.25, 0.3) is 0 Å². The van der Waals surface area contributed by atoms with Gasteiger partial charge in [0.05, 0.1) is 10.7 Å². The molecule has 2 rings (SSSR count). The molecule has 1 N–H and O–H groups in total. The number of hydrogen-bond donors (Lipinski definition) is 1. The van der Waals surface area contributed by atoms with E-state index >= 15 is 0 Å². The second kappa shape index (κ2) is 6.45. The number of carbonyl (C=O) groups is 1. The molecule has 0 radical (unpaired) electrons. The molecule has 1 amide bonds. The standard InChI is InChI=1S/C15H13BrClFN2O/c1-20(2)11-5-3-4-9(6-11)15(21)19-14-12(16)7-10(18)8-13(14)17/h3-8H,1-2H3,(H,19,21). The molecular formula is C15H13BrClFN2O. The van der Waals surface area contributed by atoms with Gasteiger partial charge in [-0.3, -0.25) is 4.79 Å². The molecular weight excluding hydrogens is 359 g/mol. The lowest BCUT2D eigenvalue weighted by Crippen LogP contribution is -2.14. The van der Waals surface area contributed by atoms with Gasteiger partial charge in [-0.1, -0.05) is 17.7 Å². The minimum atomic E-state index is -0.473. The summed E-state index contributed by atoms with van der Waals surface area (Å²) in [6.07, 6.45) is 0. The fourth-order valence-electron chi connectivity index (χ4n) is 1.77. The first-order valence-electron chi connectivity index (χ1n) is 6.12. The van der Waals surface area contributed by atoms with Crippen LogP contribution in [0.5, 0.6) is 0 Å². The van der Waals surface area contributed by atoms with E-state index in [4.69, 9.17) is 11.6 Å². The Bertz CT molecular complexity index is 668. The maximum Gasteiger partial charge on any atom is 0.255 e. The first kappa shape index (κ1) is 15.8. The van der Waals surface area contributed by atoms with E-state index in [1.54, 1.807) is 18.2 Å². The number of nitrogens with one attached hydrogen (secondary N) is 1. The van der Waals surface area contributed by atoms with Crippen molar-refractivity contribution in [2.45, 2.75) is 0 Å². The summed E-state index contributed by atoms with van der Waals surface area (Å²) >= 11 is 9.14. The van der Waals surface area contributed by atoms with Gasteiger partial charge >= 0.3 is 0 Å². The minimum absolute atomic E-state index is 0.138. The normalized spacial score (nSPS) is 10.3. The Balaban J connectivity index is 2.28. The maximum absolute atomic E-state index is 13.2. The molecule has 6 heteroatoms. The Labute approximate surface area is 135 Å². The van der Waals surface area contributed by atoms with Crippen LogP contribution >= 0.6 is 27.5 Å². The molecule has 0 unspecified atom stereocenters. The van der Waals surface area contributed by atoms with E-state index in [-0.39, 0.29) is 10.9 Å². The molecule has 21 heavy (non-hydrogen) atoms. The van der Waals surface area contributed by atoms with Crippen LogP contribution in [0.1, 0.15) is 10.4 Å². The summed E-state index contributed by atoms with van der Waals surface area (Å²) < 4.78 is 13.6. The van der Waals surface area contributed by atoms with E-state index in [0.717, 1.165) is 11.8 Å². The Morgan fingerprint density at radius 2 is 2.00 bits per heavy atom. The molecule has 2 aromatic carbocycles. The molecule has 0 bridgehead atoms. The predicted molar refractivity (Wildman–Crippen MR) is 87.8 cm³/mol. The maximum atomic E-state index is 13.2. The van der Waals surface area contributed by atoms with Gasteiger partial charge in [-0.25, -0.2) is 4.39 Å². The predicted octanol–water partition coefficient (Wildman–Crippen LogP) is 4.56. The zero-order valence-electron chi connectivity index (χ0n) is 11.5. The zero-order chi connectivity index (χ0) is 15.6. The molecule has 0 fully saturated rings. The molecule has 0 saturated carbocycles. The summed E-state index contributed by atoms with van der Waals surface area (Å²) in [7, 11) is 3.79. The van der Waals surface area contributed by atoms with Gasteiger partial charge in [0, 0.05) is 29.8 Å². The number of benzene rings is 2. The lowest BCUT2D eigenvalue weighted by Gasteiger charge is -2.14. The molecule has 0 atom stereocenters. The second-order valence-electron chi connectivity index (χ2n) is 4.64. The van der Waals surface area contributed by atoms with E-state index in [1.165, 1.54) is 6.07 Å². The van der Waals surface area contributed by atoms with Gasteiger partial charge in [-0.05, 0) is 46.3 Å². The summed E-state index contributed by atoms with van der Waals surface area (Å²) in [6.45, 7) is 0. The van der Waals surface area contributed by atoms with Crippen molar-refractivity contribution >= 4 is 44.8 Å². The summed E-state index contributed by atoms with van der Waals surface area (Å²) in [6, 6.07) is 9.56. The van der Waals surface area contributed by atoms with E-state index in [9.17, 15) is 9.18 Å². The van der Waals surface area contributed by atoms with Crippen LogP contribution < -0.4 is 10.2 Å². The minimum Gasteiger partial charge on any atom is -0.378 e. The summed E-state index contributed by atoms with van der Waals surface area (Å²) in [5.74, 6) is -0.785. The van der Waals surface area contributed by atoms with Crippen LogP contribution in [0.2, 0.25) is 5.02 Å². The number of amides is 1. The Hall–Kier alpha value is -1.59. The fraction of sp³-hybridized carbons (Fsp3) is 0.133. The lowest BCUT2D eigenvalue weighted by atomic mass is 10.1. The lowest BCUT2D eigenvalue weighted by molar-refractivity contribution is 0.102. The van der Waals surface area contributed by atoms with Crippen molar-refractivity contribution in [1.82, 2.24) is 0 Å². The van der Waals surface area contributed by atoms with Gasteiger partial charge in [-0.15, -0.1) is 0 Å². The van der Waals surface area contributed by atoms with Crippen molar-refractivity contribution in [3.05, 3.63) is 57.3 Å². The van der Waals surface area contributed by atoms with Crippen molar-refractivity contribution in [3.63, 3.8) is 0 Å². The molecule has 0 aromatic heterocycles. The van der Waals surface area contributed by atoms with Crippen molar-refractivity contribution in [1.29, 1.82) is 0 Å². The number of nitrogens with zero attached hydrogens (tertiary/aromatic N) is 1. The Morgan fingerprint density at radius 3 is 2.62 bits per heavy atom. The molecule has 110 valence electrons. The van der Waals surface area contributed by atoms with E-state index in [1.807, 2.05) is 25.1 Å². The molecule has 0 aliphatic rings. The molecule has 0 aliphatic carbocycles. The van der Waals surface area contributed by atoms with Gasteiger partial charge in [0.1, 0.15) is 5.82 Å². The highest BCUT2D eigenvalue weighted by Crippen LogP contribution is 2.32. The highest BCUT2D eigenvalue weighted by atomic mass is 79.9. The van der Waals surface area contributed by atoms with Crippen LogP contribution in [0.3, 0.4) is 0 Å². The smallest absolute Gasteiger partial charge is 0.255 e. The van der Waals surface area contributed by atoms with Gasteiger partial charge in [0.25, 0.3) is 5.91 Å². The third-order valence-electron chi connectivity index (χ3n) is 2.87. The number of carbonyl (C=O) groups excluding carboxylic acids is 1. The van der Waals surface area contributed by atoms with Crippen molar-refractivity contribution in [3.8, 4) is 0 Å². The average Bonchev–Trinajstić information content (AvgIpc) is 2.42. The van der Waals surface area contributed by atoms with Gasteiger partial charge < -0.3 is 10.2 Å². The third-order valence-corrected chi connectivity index (χ3v) is 3.79. The zero-order valence-corrected chi connectivity index (χ0v) is 13.8. The van der Waals surface area contributed by atoms with Gasteiger partial charge in [-0.2, -0.15) is 0 Å². The van der Waals surface area contributed by atoms with Crippen LogP contribution in [-0.2, 0) is 0 Å². The van der Waals surface area contributed by atoms with Crippen LogP contribution in [-0.4, -0.2) is 20.0 Å². The average molecular weight is 372 g/mol. The first-order chi connectivity index (χ1) is 9.88. The Kier molecular flexibility index (Phi) is 4.85. The number of halogens is 3. The van der Waals surface area contributed by atoms with E-state index in [2.05, 4.69) is 21.2 Å². The Morgan fingerprint density at radius 1 is 1.29 bits per heavy atom. The summed E-state index contributed by atoms with van der Waals surface area (Å²) in [5, 5.41) is 2.82. The van der Waals surface area contributed by atoms with Crippen LogP contribution in [0, 0.1) is 5.82 Å². The first-order valence-corrected chi connectivity index (χ1v) is 7.29. The van der Waals surface area contributed by atoms with Crippen LogP contribution in [0.15, 0.2) is 40.9 Å². The summed E-state index contributed by atoms with van der Waals surface area (Å²) in [5.41, 5.74) is 1.75. The van der Waals surface area contributed by atoms with Crippen molar-refractivity contribution < 1.29 is 9.18 Å². The topological polar surface area (TPSA) is 32.3 Å². The van der Waals surface area contributed by atoms with Crippen molar-refractivity contribution in [2.75, 3.05) is 24.3 Å². The molecule has 2 aromatic rings. The van der Waals surface area contributed by atoms with Crippen LogP contribution in [0.4, 0.5) is 15.8 Å². The van der Waals surface area contributed by atoms with Gasteiger partial charge in [0.2, 0.25) is 0 Å².